The zero-order valence-electron chi connectivity index (χ0n) is 14.6. The first-order chi connectivity index (χ1) is 12.0. The lowest BCUT2D eigenvalue weighted by Crippen LogP contribution is -2.54. The maximum atomic E-state index is 12.5. The number of hydrogen-bond donors (Lipinski definition) is 3. The molecule has 0 spiro atoms. The second-order valence-corrected chi connectivity index (χ2v) is 7.06. The van der Waals surface area contributed by atoms with E-state index in [9.17, 15) is 14.7 Å². The van der Waals surface area contributed by atoms with Gasteiger partial charge in [0.2, 0.25) is 0 Å². The molecule has 0 aromatic heterocycles. The fourth-order valence-corrected chi connectivity index (χ4v) is 3.93. The molecule has 3 N–H and O–H groups in total. The average molecular weight is 346 g/mol. The van der Waals surface area contributed by atoms with E-state index in [2.05, 4.69) is 5.32 Å². The molecule has 25 heavy (non-hydrogen) atoms. The van der Waals surface area contributed by atoms with Gasteiger partial charge in [-0.05, 0) is 62.3 Å². The summed E-state index contributed by atoms with van der Waals surface area (Å²) in [5.41, 5.74) is 2.42. The third kappa shape index (κ3) is 3.79. The number of phenolic OH excluding ortho intramolecular Hbond substituents is 1. The maximum absolute atomic E-state index is 12.5. The van der Waals surface area contributed by atoms with Gasteiger partial charge in [-0.2, -0.15) is 0 Å². The molecule has 6 heteroatoms. The van der Waals surface area contributed by atoms with Gasteiger partial charge in [0.1, 0.15) is 5.75 Å². The van der Waals surface area contributed by atoms with Crippen LogP contribution in [-0.4, -0.2) is 52.2 Å². The molecular weight excluding hydrogens is 320 g/mol. The van der Waals surface area contributed by atoms with E-state index in [4.69, 9.17) is 5.11 Å². The van der Waals surface area contributed by atoms with Crippen LogP contribution in [0.25, 0.3) is 0 Å². The number of nitrogens with one attached hydrogen (secondary N) is 1. The van der Waals surface area contributed by atoms with Crippen LogP contribution in [0, 0.1) is 0 Å². The molecule has 0 saturated heterocycles. The Morgan fingerprint density at radius 1 is 1.24 bits per heavy atom. The molecule has 1 amide bonds. The lowest BCUT2D eigenvalue weighted by atomic mass is 9.84. The molecule has 0 aliphatic heterocycles. The van der Waals surface area contributed by atoms with Crippen LogP contribution in [0.3, 0.4) is 0 Å². The number of phenols is 1. The second-order valence-electron chi connectivity index (χ2n) is 7.06. The fraction of sp³-hybridized carbons (Fsp3) is 0.579. The number of rotatable bonds is 6. The van der Waals surface area contributed by atoms with Crippen LogP contribution in [0.4, 0.5) is 0 Å². The summed E-state index contributed by atoms with van der Waals surface area (Å²) in [6.07, 6.45) is 5.47. The van der Waals surface area contributed by atoms with Crippen LogP contribution >= 0.6 is 0 Å². The fourth-order valence-electron chi connectivity index (χ4n) is 3.93. The van der Waals surface area contributed by atoms with Gasteiger partial charge in [0.05, 0.1) is 12.1 Å². The van der Waals surface area contributed by atoms with E-state index in [1.54, 1.807) is 6.07 Å². The van der Waals surface area contributed by atoms with Crippen molar-refractivity contribution in [1.82, 2.24) is 10.2 Å². The lowest BCUT2D eigenvalue weighted by molar-refractivity contribution is -0.139. The number of benzene rings is 1. The molecule has 1 saturated carbocycles. The molecule has 2 aliphatic carbocycles. The summed E-state index contributed by atoms with van der Waals surface area (Å²) in [6, 6.07) is 3.91. The number of carbonyl (C=O) groups is 2. The summed E-state index contributed by atoms with van der Waals surface area (Å²) in [4.78, 5) is 25.3. The van der Waals surface area contributed by atoms with E-state index >= 15 is 0 Å². The Kier molecular flexibility index (Phi) is 5.27. The van der Waals surface area contributed by atoms with Crippen molar-refractivity contribution in [2.24, 2.45) is 0 Å². The highest BCUT2D eigenvalue weighted by molar-refractivity contribution is 5.97. The molecule has 0 atom stereocenters. The molecule has 0 bridgehead atoms. The molecule has 0 unspecified atom stereocenters. The van der Waals surface area contributed by atoms with Crippen molar-refractivity contribution in [1.29, 1.82) is 0 Å². The number of hydrogen-bond acceptors (Lipinski definition) is 4. The molecule has 3 rings (SSSR count). The minimum absolute atomic E-state index is 0.0352. The Morgan fingerprint density at radius 2 is 1.96 bits per heavy atom. The van der Waals surface area contributed by atoms with Crippen molar-refractivity contribution >= 4 is 11.9 Å². The highest BCUT2D eigenvalue weighted by atomic mass is 16.4. The molecule has 136 valence electrons. The predicted octanol–water partition coefficient (Wildman–Crippen LogP) is 1.94. The molecular formula is C19H26N2O4. The molecule has 1 aromatic carbocycles. The summed E-state index contributed by atoms with van der Waals surface area (Å²) in [5, 5.41) is 22.4. The first kappa shape index (κ1) is 17.7. The topological polar surface area (TPSA) is 89.9 Å². The quantitative estimate of drug-likeness (QED) is 0.732. The monoisotopic (exact) mass is 346 g/mol. The normalized spacial score (nSPS) is 22.2. The van der Waals surface area contributed by atoms with Crippen molar-refractivity contribution in [3.05, 3.63) is 28.8 Å². The Bertz CT molecular complexity index is 668. The van der Waals surface area contributed by atoms with Crippen molar-refractivity contribution in [2.75, 3.05) is 13.1 Å². The first-order valence-corrected chi connectivity index (χ1v) is 9.10. The number of carboxylic acid groups (broad SMARTS) is 1. The molecule has 2 aliphatic rings. The predicted molar refractivity (Wildman–Crippen MR) is 93.9 cm³/mol. The third-order valence-corrected chi connectivity index (χ3v) is 5.46. The van der Waals surface area contributed by atoms with Gasteiger partial charge in [-0.25, -0.2) is 0 Å². The third-order valence-electron chi connectivity index (χ3n) is 5.46. The summed E-state index contributed by atoms with van der Waals surface area (Å²) in [5.74, 6) is -0.935. The van der Waals surface area contributed by atoms with Gasteiger partial charge >= 0.3 is 5.97 Å². The summed E-state index contributed by atoms with van der Waals surface area (Å²) in [7, 11) is 0. The van der Waals surface area contributed by atoms with Gasteiger partial charge in [0.25, 0.3) is 5.91 Å². The smallest absolute Gasteiger partial charge is 0.317 e. The number of amides is 1. The van der Waals surface area contributed by atoms with Crippen molar-refractivity contribution in [3.8, 4) is 5.75 Å². The zero-order chi connectivity index (χ0) is 18.0. The summed E-state index contributed by atoms with van der Waals surface area (Å²) in [6.45, 7) is 2.66. The maximum Gasteiger partial charge on any atom is 0.317 e. The number of carboxylic acids is 1. The molecule has 1 fully saturated rings. The minimum Gasteiger partial charge on any atom is -0.507 e. The van der Waals surface area contributed by atoms with Crippen LogP contribution in [0.5, 0.6) is 5.75 Å². The highest BCUT2D eigenvalue weighted by Crippen LogP contribution is 2.32. The lowest BCUT2D eigenvalue weighted by Gasteiger charge is -2.42. The number of likely N-dealkylation sites (N-methyl/N-ethyl adjacent to an activating group) is 1. The van der Waals surface area contributed by atoms with Crippen molar-refractivity contribution in [3.63, 3.8) is 0 Å². The molecule has 1 aromatic rings. The highest BCUT2D eigenvalue weighted by Gasteiger charge is 2.35. The van der Waals surface area contributed by atoms with E-state index in [0.717, 1.165) is 49.7 Å². The van der Waals surface area contributed by atoms with E-state index in [0.29, 0.717) is 12.1 Å². The molecule has 6 nitrogen and oxygen atoms in total. The number of carbonyl (C=O) groups excluding carboxylic acids is 1. The van der Waals surface area contributed by atoms with E-state index in [1.165, 1.54) is 0 Å². The Labute approximate surface area is 147 Å². The van der Waals surface area contributed by atoms with Crippen LogP contribution in [0.1, 0.15) is 54.1 Å². The van der Waals surface area contributed by atoms with E-state index in [-0.39, 0.29) is 30.3 Å². The Morgan fingerprint density at radius 3 is 2.64 bits per heavy atom. The van der Waals surface area contributed by atoms with Crippen molar-refractivity contribution < 1.29 is 19.8 Å². The minimum atomic E-state index is -0.826. The van der Waals surface area contributed by atoms with Gasteiger partial charge in [0.15, 0.2) is 0 Å². The van der Waals surface area contributed by atoms with Crippen LogP contribution in [-0.2, 0) is 17.6 Å². The SMILES string of the molecule is CCN(CC(=O)O)C1CC(NC(=O)c2ccc3c(c2O)CCCC3)C1. The van der Waals surface area contributed by atoms with E-state index in [1.807, 2.05) is 17.9 Å². The number of aromatic hydroxyl groups is 1. The van der Waals surface area contributed by atoms with Crippen LogP contribution in [0.15, 0.2) is 12.1 Å². The van der Waals surface area contributed by atoms with Gasteiger partial charge in [-0.15, -0.1) is 0 Å². The zero-order valence-corrected chi connectivity index (χ0v) is 14.6. The second kappa shape index (κ2) is 7.44. The summed E-state index contributed by atoms with van der Waals surface area (Å²) >= 11 is 0. The van der Waals surface area contributed by atoms with Crippen molar-refractivity contribution in [2.45, 2.75) is 57.5 Å². The largest absolute Gasteiger partial charge is 0.507 e. The van der Waals surface area contributed by atoms with Crippen LogP contribution < -0.4 is 5.32 Å². The van der Waals surface area contributed by atoms with Crippen LogP contribution in [0.2, 0.25) is 0 Å². The first-order valence-electron chi connectivity index (χ1n) is 9.10. The summed E-state index contributed by atoms with van der Waals surface area (Å²) < 4.78 is 0. The van der Waals surface area contributed by atoms with E-state index < -0.39 is 5.97 Å². The average Bonchev–Trinajstić information content (AvgIpc) is 2.56. The number of aryl methyl sites for hydroxylation is 1. The molecule has 0 heterocycles. The van der Waals surface area contributed by atoms with Gasteiger partial charge in [-0.3, -0.25) is 14.5 Å². The number of nitrogens with zero attached hydrogens (tertiary/aromatic N) is 1. The molecule has 0 radical (unpaired) electrons. The number of aliphatic carboxylic acids is 1. The van der Waals surface area contributed by atoms with Gasteiger partial charge in [-0.1, -0.05) is 13.0 Å². The number of fused-ring (bicyclic) bond motifs is 1. The Hall–Kier alpha value is -2.08. The Balaban J connectivity index is 1.58. The van der Waals surface area contributed by atoms with Gasteiger partial charge in [0, 0.05) is 12.1 Å². The van der Waals surface area contributed by atoms with Gasteiger partial charge < -0.3 is 15.5 Å². The standard InChI is InChI=1S/C19H26N2O4/c1-2-21(11-17(22)23)14-9-13(10-14)20-19(25)16-8-7-12-5-3-4-6-15(12)18(16)24/h7-8,13-14,24H,2-6,9-11H2,1H3,(H,20,25)(H,22,23).